The lowest BCUT2D eigenvalue weighted by molar-refractivity contribution is -0.126. The van der Waals surface area contributed by atoms with Gasteiger partial charge >= 0.3 is 0 Å². The standard InChI is InChI=1S/C32H29ClN2O7S.C2H6/c1-41-27-11-17(4-9-24(27)37)3-7-20(36)14-26(39)29-23-15-43-16-35(23)32(21-13-19(33)6-8-22(21)34-31(32)40)30(29)18-5-10-25(38)28(12-18)42-2;1-2/h3-14,23,29-30,36-38H,15-16H2,1-2H3,(H,34,40);1-2H3/b7-3+,20-14-;. The summed E-state index contributed by atoms with van der Waals surface area (Å²) < 4.78 is 10.5. The Morgan fingerprint density at radius 1 is 1.04 bits per heavy atom. The second-order valence-electron chi connectivity index (χ2n) is 10.6. The first-order valence-electron chi connectivity index (χ1n) is 14.5. The van der Waals surface area contributed by atoms with Gasteiger partial charge in [-0.2, -0.15) is 0 Å². The SMILES string of the molecule is CC.COc1cc(/C=C/C(O)=C/C(=O)C2C3CSCN3C3(C(=O)Nc4ccc(Cl)cc43)C2c2ccc(O)c(OC)c2)ccc1O. The Hall–Kier alpha value is -4.12. The van der Waals surface area contributed by atoms with E-state index < -0.39 is 17.4 Å². The highest BCUT2D eigenvalue weighted by Gasteiger charge is 2.69. The summed E-state index contributed by atoms with van der Waals surface area (Å²) in [7, 11) is 2.88. The minimum atomic E-state index is -1.27. The molecule has 3 aliphatic rings. The number of ether oxygens (including phenoxy) is 2. The lowest BCUT2D eigenvalue weighted by atomic mass is 9.70. The second kappa shape index (κ2) is 13.1. The van der Waals surface area contributed by atoms with Gasteiger partial charge in [0.25, 0.3) is 0 Å². The number of fused-ring (bicyclic) bond motifs is 4. The van der Waals surface area contributed by atoms with Crippen molar-refractivity contribution in [1.82, 2.24) is 4.90 Å². The molecule has 4 N–H and O–H groups in total. The van der Waals surface area contributed by atoms with Gasteiger partial charge in [0.2, 0.25) is 5.91 Å². The number of halogens is 1. The molecule has 2 saturated heterocycles. The van der Waals surface area contributed by atoms with Crippen molar-refractivity contribution in [1.29, 1.82) is 0 Å². The van der Waals surface area contributed by atoms with E-state index in [4.69, 9.17) is 21.1 Å². The van der Waals surface area contributed by atoms with Gasteiger partial charge < -0.3 is 30.1 Å². The van der Waals surface area contributed by atoms with Crippen molar-refractivity contribution in [3.63, 3.8) is 0 Å². The number of methoxy groups -OCH3 is 2. The van der Waals surface area contributed by atoms with Gasteiger partial charge in [0.15, 0.2) is 28.8 Å². The van der Waals surface area contributed by atoms with E-state index in [2.05, 4.69) is 10.2 Å². The van der Waals surface area contributed by atoms with Crippen LogP contribution in [-0.2, 0) is 15.1 Å². The number of aliphatic hydroxyl groups is 1. The van der Waals surface area contributed by atoms with Crippen LogP contribution >= 0.6 is 23.4 Å². The number of aliphatic hydroxyl groups excluding tert-OH is 1. The monoisotopic (exact) mass is 650 g/mol. The van der Waals surface area contributed by atoms with Gasteiger partial charge in [0.05, 0.1) is 14.2 Å². The van der Waals surface area contributed by atoms with Gasteiger partial charge in [-0.25, -0.2) is 0 Å². The number of ketones is 1. The van der Waals surface area contributed by atoms with Gasteiger partial charge in [-0.3, -0.25) is 14.5 Å². The van der Waals surface area contributed by atoms with E-state index in [1.54, 1.807) is 60.3 Å². The van der Waals surface area contributed by atoms with Crippen LogP contribution in [0.2, 0.25) is 5.02 Å². The Morgan fingerprint density at radius 2 is 1.73 bits per heavy atom. The van der Waals surface area contributed by atoms with E-state index >= 15 is 0 Å². The Morgan fingerprint density at radius 3 is 2.44 bits per heavy atom. The number of rotatable bonds is 7. The molecule has 3 aromatic carbocycles. The summed E-state index contributed by atoms with van der Waals surface area (Å²) in [5.74, 6) is -0.781. The molecule has 0 aliphatic carbocycles. The molecule has 1 amide bonds. The maximum absolute atomic E-state index is 14.2. The molecule has 1 spiro atoms. The van der Waals surface area contributed by atoms with Crippen molar-refractivity contribution in [3.05, 3.63) is 94.2 Å². The maximum Gasteiger partial charge on any atom is 0.250 e. The highest BCUT2D eigenvalue weighted by atomic mass is 35.5. The molecule has 6 rings (SSSR count). The highest BCUT2D eigenvalue weighted by molar-refractivity contribution is 7.99. The summed E-state index contributed by atoms with van der Waals surface area (Å²) >= 11 is 8.10. The minimum Gasteiger partial charge on any atom is -0.508 e. The number of carbonyl (C=O) groups excluding carboxylic acids is 2. The molecule has 45 heavy (non-hydrogen) atoms. The quantitative estimate of drug-likeness (QED) is 0.129. The fourth-order valence-electron chi connectivity index (χ4n) is 6.61. The van der Waals surface area contributed by atoms with Crippen molar-refractivity contribution >= 4 is 46.8 Å². The Bertz CT molecular complexity index is 1690. The Labute approximate surface area is 271 Å². The number of amides is 1. The van der Waals surface area contributed by atoms with E-state index in [1.165, 1.54) is 38.5 Å². The van der Waals surface area contributed by atoms with Crippen molar-refractivity contribution in [2.24, 2.45) is 5.92 Å². The largest absolute Gasteiger partial charge is 0.508 e. The highest BCUT2D eigenvalue weighted by Crippen LogP contribution is 2.62. The molecule has 0 saturated carbocycles. The van der Waals surface area contributed by atoms with Gasteiger partial charge in [-0.05, 0) is 59.7 Å². The predicted molar refractivity (Wildman–Crippen MR) is 176 cm³/mol. The van der Waals surface area contributed by atoms with Crippen molar-refractivity contribution < 1.29 is 34.4 Å². The van der Waals surface area contributed by atoms with E-state index in [0.717, 1.165) is 0 Å². The number of anilines is 1. The number of thioether (sulfide) groups is 1. The fourth-order valence-corrected chi connectivity index (χ4v) is 8.11. The first kappa shape index (κ1) is 32.3. The topological polar surface area (TPSA) is 129 Å². The van der Waals surface area contributed by atoms with Gasteiger partial charge in [-0.1, -0.05) is 43.7 Å². The number of carbonyl (C=O) groups is 2. The third-order valence-electron chi connectivity index (χ3n) is 8.41. The van der Waals surface area contributed by atoms with Crippen LogP contribution in [0.4, 0.5) is 5.69 Å². The Kier molecular flexibility index (Phi) is 9.38. The summed E-state index contributed by atoms with van der Waals surface area (Å²) in [4.78, 5) is 30.4. The zero-order valence-electron chi connectivity index (χ0n) is 25.3. The summed E-state index contributed by atoms with van der Waals surface area (Å²) in [5, 5.41) is 34.5. The number of benzene rings is 3. The molecule has 11 heteroatoms. The average molecular weight is 651 g/mol. The van der Waals surface area contributed by atoms with Crippen molar-refractivity contribution in [2.45, 2.75) is 31.3 Å². The van der Waals surface area contributed by atoms with Gasteiger partial charge in [0.1, 0.15) is 11.3 Å². The number of aromatic hydroxyl groups is 2. The number of hydrogen-bond acceptors (Lipinski definition) is 9. The Balaban J connectivity index is 0.00000196. The lowest BCUT2D eigenvalue weighted by Gasteiger charge is -2.37. The molecule has 0 radical (unpaired) electrons. The van der Waals surface area contributed by atoms with E-state index in [9.17, 15) is 24.9 Å². The first-order chi connectivity index (χ1) is 21.7. The van der Waals surface area contributed by atoms with Crippen LogP contribution in [0, 0.1) is 5.92 Å². The molecule has 4 atom stereocenters. The molecule has 3 aromatic rings. The molecular formula is C34H35ClN2O7S. The normalized spacial score (nSPS) is 23.8. The second-order valence-corrected chi connectivity index (χ2v) is 12.1. The summed E-state index contributed by atoms with van der Waals surface area (Å²) in [6.45, 7) is 4.00. The lowest BCUT2D eigenvalue weighted by Crippen LogP contribution is -2.50. The minimum absolute atomic E-state index is 0.0144. The van der Waals surface area contributed by atoms with Crippen LogP contribution in [0.1, 0.15) is 36.5 Å². The van der Waals surface area contributed by atoms with E-state index in [-0.39, 0.29) is 46.5 Å². The molecule has 9 nitrogen and oxygen atoms in total. The number of allylic oxidation sites excluding steroid dienone is 2. The molecule has 0 aromatic heterocycles. The van der Waals surface area contributed by atoms with Crippen LogP contribution < -0.4 is 14.8 Å². The van der Waals surface area contributed by atoms with Crippen molar-refractivity contribution in [3.8, 4) is 23.0 Å². The molecule has 4 unspecified atom stereocenters. The average Bonchev–Trinajstić information content (AvgIpc) is 3.70. The smallest absolute Gasteiger partial charge is 0.250 e. The van der Waals surface area contributed by atoms with Crippen LogP contribution in [0.5, 0.6) is 23.0 Å². The molecule has 2 fully saturated rings. The summed E-state index contributed by atoms with van der Waals surface area (Å²) in [6.07, 6.45) is 4.18. The fraction of sp³-hybridized carbons (Fsp3) is 0.294. The van der Waals surface area contributed by atoms with Crippen LogP contribution in [0.15, 0.2) is 72.5 Å². The maximum atomic E-state index is 14.2. The van der Waals surface area contributed by atoms with Crippen LogP contribution in [0.3, 0.4) is 0 Å². The number of phenols is 2. The number of hydrogen-bond donors (Lipinski definition) is 4. The van der Waals surface area contributed by atoms with E-state index in [1.807, 2.05) is 13.8 Å². The van der Waals surface area contributed by atoms with Crippen LogP contribution in [-0.4, -0.2) is 63.8 Å². The van der Waals surface area contributed by atoms with Gasteiger partial charge in [-0.15, -0.1) is 11.8 Å². The third kappa shape index (κ3) is 5.51. The zero-order chi connectivity index (χ0) is 32.5. The molecule has 3 heterocycles. The van der Waals surface area contributed by atoms with Gasteiger partial charge in [0, 0.05) is 51.9 Å². The van der Waals surface area contributed by atoms with Crippen molar-refractivity contribution in [2.75, 3.05) is 31.2 Å². The molecular weight excluding hydrogens is 616 g/mol. The number of nitrogens with one attached hydrogen (secondary N) is 1. The predicted octanol–water partition coefficient (Wildman–Crippen LogP) is 6.45. The van der Waals surface area contributed by atoms with Crippen LogP contribution in [0.25, 0.3) is 6.08 Å². The number of phenolic OH excluding ortho intramolecular Hbond substituents is 2. The molecule has 3 aliphatic heterocycles. The van der Waals surface area contributed by atoms with E-state index in [0.29, 0.717) is 39.0 Å². The summed E-state index contributed by atoms with van der Waals surface area (Å²) in [5.41, 5.74) is 1.32. The molecule has 236 valence electrons. The number of nitrogens with zero attached hydrogens (tertiary/aromatic N) is 1. The first-order valence-corrected chi connectivity index (χ1v) is 16.0. The third-order valence-corrected chi connectivity index (χ3v) is 9.69. The zero-order valence-corrected chi connectivity index (χ0v) is 26.9. The molecule has 0 bridgehead atoms. The summed E-state index contributed by atoms with van der Waals surface area (Å²) in [6, 6.07) is 14.5.